The second-order valence-corrected chi connectivity index (χ2v) is 7.77. The number of hydrogen-bond acceptors (Lipinski definition) is 4. The van der Waals surface area contributed by atoms with Gasteiger partial charge in [0, 0.05) is 13.2 Å². The third kappa shape index (κ3) is 3.81. The van der Waals surface area contributed by atoms with Crippen LogP contribution in [0.3, 0.4) is 0 Å². The van der Waals surface area contributed by atoms with E-state index in [2.05, 4.69) is 9.71 Å². The summed E-state index contributed by atoms with van der Waals surface area (Å²) in [4.78, 5) is 4.14. The second-order valence-electron chi connectivity index (χ2n) is 5.70. The number of aryl methyl sites for hydroxylation is 1. The van der Waals surface area contributed by atoms with Gasteiger partial charge >= 0.3 is 0 Å². The van der Waals surface area contributed by atoms with Crippen LogP contribution in [-0.2, 0) is 17.1 Å². The first-order valence-electron chi connectivity index (χ1n) is 7.18. The second kappa shape index (κ2) is 6.41. The molecule has 0 spiro atoms. The molecule has 1 fully saturated rings. The minimum absolute atomic E-state index is 0.00249. The van der Waals surface area contributed by atoms with Crippen molar-refractivity contribution in [3.8, 4) is 0 Å². The van der Waals surface area contributed by atoms with Gasteiger partial charge in [-0.25, -0.2) is 13.4 Å². The average Bonchev–Trinajstić information content (AvgIpc) is 2.80. The lowest BCUT2D eigenvalue weighted by Gasteiger charge is -2.34. The Hall–Kier alpha value is -0.990. The highest BCUT2D eigenvalue weighted by atomic mass is 32.2. The van der Waals surface area contributed by atoms with Crippen molar-refractivity contribution < 1.29 is 8.42 Å². The Morgan fingerprint density at radius 3 is 2.38 bits per heavy atom. The van der Waals surface area contributed by atoms with E-state index in [1.54, 1.807) is 11.6 Å². The van der Waals surface area contributed by atoms with Crippen molar-refractivity contribution in [3.05, 3.63) is 12.5 Å². The first-order chi connectivity index (χ1) is 9.86. The molecule has 0 atom stereocenters. The highest BCUT2D eigenvalue weighted by molar-refractivity contribution is 7.89. The first-order valence-corrected chi connectivity index (χ1v) is 9.07. The van der Waals surface area contributed by atoms with E-state index in [-0.39, 0.29) is 10.0 Å². The molecule has 0 amide bonds. The van der Waals surface area contributed by atoms with E-state index in [0.29, 0.717) is 12.8 Å². The molecular formula is C13H22N4O2S2. The van der Waals surface area contributed by atoms with Gasteiger partial charge in [-0.05, 0) is 12.8 Å². The van der Waals surface area contributed by atoms with Crippen LogP contribution in [-0.4, -0.2) is 28.5 Å². The molecule has 1 aliphatic carbocycles. The molecule has 3 N–H and O–H groups in total. The maximum atomic E-state index is 12.5. The fourth-order valence-electron chi connectivity index (χ4n) is 2.74. The van der Waals surface area contributed by atoms with Crippen molar-refractivity contribution in [2.75, 3.05) is 0 Å². The Bertz CT molecular complexity index is 601. The number of aromatic nitrogens is 2. The van der Waals surface area contributed by atoms with Gasteiger partial charge in [-0.3, -0.25) is 0 Å². The molecule has 1 aromatic heterocycles. The van der Waals surface area contributed by atoms with Gasteiger partial charge in [0.2, 0.25) is 0 Å². The average molecular weight is 330 g/mol. The Morgan fingerprint density at radius 2 is 1.90 bits per heavy atom. The van der Waals surface area contributed by atoms with Crippen molar-refractivity contribution >= 4 is 27.2 Å². The number of sulfonamides is 1. The molecular weight excluding hydrogens is 308 g/mol. The Morgan fingerprint density at radius 1 is 1.33 bits per heavy atom. The van der Waals surface area contributed by atoms with E-state index in [1.165, 1.54) is 18.9 Å². The Kier molecular flexibility index (Phi) is 5.00. The summed E-state index contributed by atoms with van der Waals surface area (Å²) < 4.78 is 29.4. The minimum Gasteiger partial charge on any atom is -0.392 e. The summed E-state index contributed by atoms with van der Waals surface area (Å²) in [6.07, 6.45) is 9.40. The largest absolute Gasteiger partial charge is 0.392 e. The number of thiocarbonyl (C=S) groups is 1. The van der Waals surface area contributed by atoms with Crippen molar-refractivity contribution in [1.29, 1.82) is 0 Å². The zero-order chi connectivity index (χ0) is 15.5. The van der Waals surface area contributed by atoms with Gasteiger partial charge in [0.1, 0.15) is 0 Å². The summed E-state index contributed by atoms with van der Waals surface area (Å²) in [5, 5.41) is 0.00249. The molecule has 0 aromatic carbocycles. The summed E-state index contributed by atoms with van der Waals surface area (Å²) in [6, 6.07) is 0. The van der Waals surface area contributed by atoms with Gasteiger partial charge in [-0.2, -0.15) is 4.72 Å². The van der Waals surface area contributed by atoms with Crippen LogP contribution >= 0.6 is 12.2 Å². The molecule has 0 unspecified atom stereocenters. The fraction of sp³-hybridized carbons (Fsp3) is 0.692. The molecule has 6 nitrogen and oxygen atoms in total. The monoisotopic (exact) mass is 330 g/mol. The molecule has 8 heteroatoms. The van der Waals surface area contributed by atoms with Crippen LogP contribution in [0.5, 0.6) is 0 Å². The zero-order valence-electron chi connectivity index (χ0n) is 12.2. The lowest BCUT2D eigenvalue weighted by Crippen LogP contribution is -2.56. The molecule has 21 heavy (non-hydrogen) atoms. The van der Waals surface area contributed by atoms with Crippen LogP contribution in [0, 0.1) is 0 Å². The summed E-state index contributed by atoms with van der Waals surface area (Å²) in [5.41, 5.74) is 5.06. The number of nitrogens with two attached hydrogens (primary N) is 1. The van der Waals surface area contributed by atoms with Gasteiger partial charge in [-0.1, -0.05) is 44.3 Å². The molecule has 1 saturated carbocycles. The predicted molar refractivity (Wildman–Crippen MR) is 85.4 cm³/mol. The number of imidazole rings is 1. The van der Waals surface area contributed by atoms with E-state index in [4.69, 9.17) is 18.0 Å². The maximum absolute atomic E-state index is 12.5. The van der Waals surface area contributed by atoms with E-state index < -0.39 is 15.6 Å². The summed E-state index contributed by atoms with van der Waals surface area (Å²) >= 11 is 5.18. The van der Waals surface area contributed by atoms with Crippen LogP contribution < -0.4 is 10.5 Å². The standard InChI is InChI=1S/C13H22N4O2S2/c1-17-9-11(15-10-17)21(18,19)16-13(12(14)20)7-5-3-2-4-6-8-13/h9-10,16H,2-8H2,1H3,(H2,14,20). The SMILES string of the molecule is Cn1cnc(S(=O)(=O)NC2(C(N)=S)CCCCCCC2)c1. The number of rotatable bonds is 4. The van der Waals surface area contributed by atoms with Crippen molar-refractivity contribution in [2.24, 2.45) is 12.8 Å². The van der Waals surface area contributed by atoms with Gasteiger partial charge in [-0.15, -0.1) is 0 Å². The highest BCUT2D eigenvalue weighted by Crippen LogP contribution is 2.28. The predicted octanol–water partition coefficient (Wildman–Crippen LogP) is 1.47. The molecule has 2 rings (SSSR count). The molecule has 0 radical (unpaired) electrons. The molecule has 1 heterocycles. The number of hydrogen-bond donors (Lipinski definition) is 2. The van der Waals surface area contributed by atoms with Crippen molar-refractivity contribution in [1.82, 2.24) is 14.3 Å². The molecule has 1 aliphatic rings. The van der Waals surface area contributed by atoms with Gasteiger partial charge in [0.05, 0.1) is 16.9 Å². The van der Waals surface area contributed by atoms with Crippen LogP contribution in [0.1, 0.15) is 44.9 Å². The van der Waals surface area contributed by atoms with Gasteiger partial charge < -0.3 is 10.3 Å². The topological polar surface area (TPSA) is 90.0 Å². The molecule has 118 valence electrons. The first kappa shape index (κ1) is 16.4. The lowest BCUT2D eigenvalue weighted by atomic mass is 9.85. The van der Waals surface area contributed by atoms with Crippen LogP contribution in [0.15, 0.2) is 17.6 Å². The summed E-state index contributed by atoms with van der Waals surface area (Å²) in [5.74, 6) is 0. The fourth-order valence-corrected chi connectivity index (χ4v) is 4.49. The van der Waals surface area contributed by atoms with E-state index in [9.17, 15) is 8.42 Å². The number of nitrogens with zero attached hydrogens (tertiary/aromatic N) is 2. The van der Waals surface area contributed by atoms with Crippen molar-refractivity contribution in [3.63, 3.8) is 0 Å². The minimum atomic E-state index is -3.72. The molecule has 0 aliphatic heterocycles. The highest BCUT2D eigenvalue weighted by Gasteiger charge is 2.38. The van der Waals surface area contributed by atoms with Gasteiger partial charge in [0.25, 0.3) is 10.0 Å². The smallest absolute Gasteiger partial charge is 0.260 e. The lowest BCUT2D eigenvalue weighted by molar-refractivity contribution is 0.371. The normalized spacial score (nSPS) is 19.7. The van der Waals surface area contributed by atoms with Crippen molar-refractivity contribution in [2.45, 2.75) is 55.5 Å². The third-order valence-electron chi connectivity index (χ3n) is 3.97. The zero-order valence-corrected chi connectivity index (χ0v) is 13.8. The number of nitrogens with one attached hydrogen (secondary N) is 1. The van der Waals surface area contributed by atoms with Gasteiger partial charge in [0.15, 0.2) is 5.03 Å². The molecule has 1 aromatic rings. The van der Waals surface area contributed by atoms with Crippen LogP contribution in [0.4, 0.5) is 0 Å². The molecule has 0 saturated heterocycles. The summed E-state index contributed by atoms with van der Waals surface area (Å²) in [7, 11) is -1.99. The summed E-state index contributed by atoms with van der Waals surface area (Å²) in [6.45, 7) is 0. The van der Waals surface area contributed by atoms with E-state index >= 15 is 0 Å². The van der Waals surface area contributed by atoms with Crippen LogP contribution in [0.25, 0.3) is 0 Å². The van der Waals surface area contributed by atoms with Crippen LogP contribution in [0.2, 0.25) is 0 Å². The Labute approximate surface area is 131 Å². The third-order valence-corrected chi connectivity index (χ3v) is 5.78. The van der Waals surface area contributed by atoms with E-state index in [0.717, 1.165) is 25.7 Å². The maximum Gasteiger partial charge on any atom is 0.260 e. The Balaban J connectivity index is 2.28. The quantitative estimate of drug-likeness (QED) is 0.816. The molecule has 0 bridgehead atoms. The van der Waals surface area contributed by atoms with E-state index in [1.807, 2.05) is 0 Å².